The van der Waals surface area contributed by atoms with E-state index in [2.05, 4.69) is 28.6 Å². The third-order valence-corrected chi connectivity index (χ3v) is 3.45. The van der Waals surface area contributed by atoms with Crippen LogP contribution in [0.4, 0.5) is 0 Å². The van der Waals surface area contributed by atoms with Crippen LogP contribution in [0.15, 0.2) is 0 Å². The van der Waals surface area contributed by atoms with Gasteiger partial charge >= 0.3 is 5.97 Å². The molecule has 0 saturated heterocycles. The molecule has 10 heteroatoms. The molecule has 0 heterocycles. The van der Waals surface area contributed by atoms with Crippen molar-refractivity contribution >= 4 is 36.3 Å². The molecule has 0 aromatic rings. The van der Waals surface area contributed by atoms with Gasteiger partial charge in [0.25, 0.3) is 0 Å². The third-order valence-electron chi connectivity index (χ3n) is 3.09. The van der Waals surface area contributed by atoms with Gasteiger partial charge in [-0.15, -0.1) is 0 Å². The minimum absolute atomic E-state index is 0.0269. The standard InChI is InChI=1S/C14H26N4O5S/c1-7(2)4-9(12(20)16-8(3)14(22)23)18-13(21)10(6-24)17-11(19)5-15/h7-10,24H,4-6,15H2,1-3H3,(H,16,20)(H,17,19)(H,18,21)(H,22,23). The van der Waals surface area contributed by atoms with Crippen LogP contribution < -0.4 is 21.7 Å². The summed E-state index contributed by atoms with van der Waals surface area (Å²) in [5.41, 5.74) is 5.19. The second-order valence-corrected chi connectivity index (χ2v) is 6.13. The van der Waals surface area contributed by atoms with E-state index < -0.39 is 41.8 Å². The number of carbonyl (C=O) groups is 4. The summed E-state index contributed by atoms with van der Waals surface area (Å²) < 4.78 is 0. The number of aliphatic carboxylic acids is 1. The number of carboxylic acids is 1. The first kappa shape index (κ1) is 22.2. The number of rotatable bonds is 10. The van der Waals surface area contributed by atoms with Gasteiger partial charge in [0.2, 0.25) is 17.7 Å². The van der Waals surface area contributed by atoms with Crippen LogP contribution in [0.1, 0.15) is 27.2 Å². The first-order valence-corrected chi connectivity index (χ1v) is 8.19. The summed E-state index contributed by atoms with van der Waals surface area (Å²) in [7, 11) is 0. The highest BCUT2D eigenvalue weighted by molar-refractivity contribution is 7.80. The Labute approximate surface area is 146 Å². The van der Waals surface area contributed by atoms with Crippen molar-refractivity contribution in [3.8, 4) is 0 Å². The Kier molecular flexibility index (Phi) is 10.0. The van der Waals surface area contributed by atoms with Gasteiger partial charge in [0.1, 0.15) is 18.1 Å². The number of thiol groups is 1. The van der Waals surface area contributed by atoms with E-state index in [1.54, 1.807) is 0 Å². The molecule has 0 aromatic carbocycles. The van der Waals surface area contributed by atoms with Crippen LogP contribution in [0.3, 0.4) is 0 Å². The highest BCUT2D eigenvalue weighted by Gasteiger charge is 2.28. The van der Waals surface area contributed by atoms with Crippen LogP contribution in [0.5, 0.6) is 0 Å². The van der Waals surface area contributed by atoms with Gasteiger partial charge in [-0.05, 0) is 19.3 Å². The number of hydrogen-bond donors (Lipinski definition) is 6. The van der Waals surface area contributed by atoms with E-state index in [9.17, 15) is 19.2 Å². The van der Waals surface area contributed by atoms with Gasteiger partial charge in [-0.25, -0.2) is 0 Å². The maximum atomic E-state index is 12.2. The van der Waals surface area contributed by atoms with E-state index in [0.29, 0.717) is 6.42 Å². The van der Waals surface area contributed by atoms with Crippen LogP contribution in [0.25, 0.3) is 0 Å². The predicted octanol–water partition coefficient (Wildman–Crippen LogP) is -1.52. The topological polar surface area (TPSA) is 151 Å². The molecule has 0 aliphatic carbocycles. The fourth-order valence-electron chi connectivity index (χ4n) is 1.80. The molecule has 0 bridgehead atoms. The van der Waals surface area contributed by atoms with Crippen LogP contribution in [-0.4, -0.2) is 59.2 Å². The molecular weight excluding hydrogens is 336 g/mol. The lowest BCUT2D eigenvalue weighted by Crippen LogP contribution is -2.56. The lowest BCUT2D eigenvalue weighted by atomic mass is 10.0. The molecule has 0 aliphatic rings. The summed E-state index contributed by atoms with van der Waals surface area (Å²) in [5.74, 6) is -2.78. The zero-order valence-electron chi connectivity index (χ0n) is 14.0. The Hall–Kier alpha value is -1.81. The molecule has 0 aromatic heterocycles. The zero-order chi connectivity index (χ0) is 18.9. The summed E-state index contributed by atoms with van der Waals surface area (Å²) in [5, 5.41) is 16.1. The van der Waals surface area contributed by atoms with Gasteiger partial charge in [-0.2, -0.15) is 12.6 Å². The maximum absolute atomic E-state index is 12.2. The summed E-state index contributed by atoms with van der Waals surface area (Å²) in [6, 6.07) is -2.94. The molecule has 6 N–H and O–H groups in total. The van der Waals surface area contributed by atoms with Crippen LogP contribution >= 0.6 is 12.6 Å². The normalized spacial score (nSPS) is 14.4. The van der Waals surface area contributed by atoms with Gasteiger partial charge < -0.3 is 26.8 Å². The van der Waals surface area contributed by atoms with Gasteiger partial charge in [-0.1, -0.05) is 13.8 Å². The van der Waals surface area contributed by atoms with Crippen molar-refractivity contribution in [2.45, 2.75) is 45.3 Å². The molecule has 0 rings (SSSR count). The fourth-order valence-corrected chi connectivity index (χ4v) is 2.06. The minimum Gasteiger partial charge on any atom is -0.480 e. The Morgan fingerprint density at radius 1 is 1.00 bits per heavy atom. The fraction of sp³-hybridized carbons (Fsp3) is 0.714. The van der Waals surface area contributed by atoms with Crippen molar-refractivity contribution in [2.75, 3.05) is 12.3 Å². The SMILES string of the molecule is CC(C)CC(NC(=O)C(CS)NC(=O)CN)C(=O)NC(C)C(=O)O. The summed E-state index contributed by atoms with van der Waals surface area (Å²) in [6.45, 7) is 4.77. The molecular formula is C14H26N4O5S. The van der Waals surface area contributed by atoms with Crippen LogP contribution in [0, 0.1) is 5.92 Å². The molecule has 0 fully saturated rings. The smallest absolute Gasteiger partial charge is 0.325 e. The zero-order valence-corrected chi connectivity index (χ0v) is 14.9. The molecule has 3 unspecified atom stereocenters. The minimum atomic E-state index is -1.18. The molecule has 138 valence electrons. The van der Waals surface area contributed by atoms with Crippen LogP contribution in [-0.2, 0) is 19.2 Å². The molecule has 3 amide bonds. The van der Waals surface area contributed by atoms with Crippen molar-refractivity contribution in [1.82, 2.24) is 16.0 Å². The lowest BCUT2D eigenvalue weighted by molar-refractivity contribution is -0.141. The molecule has 0 spiro atoms. The molecule has 0 aliphatic heterocycles. The number of amides is 3. The summed E-state index contributed by atoms with van der Waals surface area (Å²) >= 11 is 4.00. The first-order valence-electron chi connectivity index (χ1n) is 7.56. The molecule has 9 nitrogen and oxygen atoms in total. The second kappa shape index (κ2) is 10.9. The van der Waals surface area contributed by atoms with Crippen LogP contribution in [0.2, 0.25) is 0 Å². The summed E-state index contributed by atoms with van der Waals surface area (Å²) in [6.07, 6.45) is 0.314. The molecule has 0 radical (unpaired) electrons. The number of carbonyl (C=O) groups excluding carboxylic acids is 3. The number of carboxylic acid groups (broad SMARTS) is 1. The monoisotopic (exact) mass is 362 g/mol. The van der Waals surface area contributed by atoms with E-state index >= 15 is 0 Å². The average molecular weight is 362 g/mol. The van der Waals surface area contributed by atoms with Crippen molar-refractivity contribution in [3.05, 3.63) is 0 Å². The highest BCUT2D eigenvalue weighted by Crippen LogP contribution is 2.06. The quantitative estimate of drug-likeness (QED) is 0.260. The van der Waals surface area contributed by atoms with E-state index in [1.807, 2.05) is 13.8 Å². The lowest BCUT2D eigenvalue weighted by Gasteiger charge is -2.24. The van der Waals surface area contributed by atoms with E-state index in [4.69, 9.17) is 10.8 Å². The summed E-state index contributed by atoms with van der Waals surface area (Å²) in [4.78, 5) is 46.6. The van der Waals surface area contributed by atoms with Gasteiger partial charge in [-0.3, -0.25) is 19.2 Å². The Morgan fingerprint density at radius 2 is 1.54 bits per heavy atom. The Morgan fingerprint density at radius 3 is 1.96 bits per heavy atom. The Balaban J connectivity index is 4.98. The van der Waals surface area contributed by atoms with E-state index in [0.717, 1.165) is 0 Å². The molecule has 3 atom stereocenters. The van der Waals surface area contributed by atoms with Crippen molar-refractivity contribution in [3.63, 3.8) is 0 Å². The van der Waals surface area contributed by atoms with Gasteiger partial charge in [0, 0.05) is 5.75 Å². The molecule has 0 saturated carbocycles. The second-order valence-electron chi connectivity index (χ2n) is 5.77. The molecule has 24 heavy (non-hydrogen) atoms. The maximum Gasteiger partial charge on any atom is 0.325 e. The average Bonchev–Trinajstić information content (AvgIpc) is 2.50. The van der Waals surface area contributed by atoms with E-state index in [1.165, 1.54) is 6.92 Å². The van der Waals surface area contributed by atoms with Crippen molar-refractivity contribution < 1.29 is 24.3 Å². The number of nitrogens with one attached hydrogen (secondary N) is 3. The Bertz CT molecular complexity index is 472. The predicted molar refractivity (Wildman–Crippen MR) is 91.5 cm³/mol. The number of hydrogen-bond acceptors (Lipinski definition) is 6. The highest BCUT2D eigenvalue weighted by atomic mass is 32.1. The van der Waals surface area contributed by atoms with E-state index in [-0.39, 0.29) is 18.2 Å². The third kappa shape index (κ3) is 8.16. The van der Waals surface area contributed by atoms with Gasteiger partial charge in [0.05, 0.1) is 6.54 Å². The first-order chi connectivity index (χ1) is 11.1. The van der Waals surface area contributed by atoms with Crippen molar-refractivity contribution in [2.24, 2.45) is 11.7 Å². The largest absolute Gasteiger partial charge is 0.480 e. The van der Waals surface area contributed by atoms with Crippen molar-refractivity contribution in [1.29, 1.82) is 0 Å². The number of nitrogens with two attached hydrogens (primary N) is 1. The van der Waals surface area contributed by atoms with Gasteiger partial charge in [0.15, 0.2) is 0 Å².